The molecule has 0 aliphatic rings. The fourth-order valence-electron chi connectivity index (χ4n) is 2.19. The van der Waals surface area contributed by atoms with Gasteiger partial charge in [-0.05, 0) is 26.9 Å². The first kappa shape index (κ1) is 20.4. The molecule has 7 nitrogen and oxygen atoms in total. The van der Waals surface area contributed by atoms with Crippen molar-refractivity contribution in [2.45, 2.75) is 27.7 Å². The number of anilines is 1. The standard InChI is InChI=1S/C16H29N5O2S/c1-7-20(8-2)9-10-21(16(23)19(5)6)11-14(22)18-15-17-12(3)13(4)24-15/h7-11H2,1-6H3,(H,17,18,22). The molecular formula is C16H29N5O2S. The largest absolute Gasteiger partial charge is 0.331 e. The molecule has 8 heteroatoms. The Bertz CT molecular complexity index is 535. The third-order valence-electron chi connectivity index (χ3n) is 3.84. The fourth-order valence-corrected chi connectivity index (χ4v) is 3.02. The molecule has 0 spiro atoms. The van der Waals surface area contributed by atoms with Crippen LogP contribution in [-0.2, 0) is 4.79 Å². The van der Waals surface area contributed by atoms with Gasteiger partial charge in [0.15, 0.2) is 5.13 Å². The van der Waals surface area contributed by atoms with Crippen molar-refractivity contribution in [2.75, 3.05) is 52.1 Å². The summed E-state index contributed by atoms with van der Waals surface area (Å²) in [5.74, 6) is -0.224. The molecular weight excluding hydrogens is 326 g/mol. The van der Waals surface area contributed by atoms with Crippen molar-refractivity contribution in [3.05, 3.63) is 10.6 Å². The third-order valence-corrected chi connectivity index (χ3v) is 4.83. The number of hydrogen-bond acceptors (Lipinski definition) is 5. The van der Waals surface area contributed by atoms with Crippen molar-refractivity contribution >= 4 is 28.4 Å². The molecule has 1 aromatic heterocycles. The molecule has 0 atom stereocenters. The highest BCUT2D eigenvalue weighted by Crippen LogP contribution is 2.20. The van der Waals surface area contributed by atoms with E-state index in [1.807, 2.05) is 13.8 Å². The fraction of sp³-hybridized carbons (Fsp3) is 0.688. The number of rotatable bonds is 8. The molecule has 1 rings (SSSR count). The van der Waals surface area contributed by atoms with E-state index < -0.39 is 0 Å². The van der Waals surface area contributed by atoms with Crippen LogP contribution in [0.3, 0.4) is 0 Å². The minimum Gasteiger partial charge on any atom is -0.331 e. The Morgan fingerprint density at radius 2 is 1.75 bits per heavy atom. The Morgan fingerprint density at radius 3 is 2.21 bits per heavy atom. The average Bonchev–Trinajstić information content (AvgIpc) is 2.83. The Morgan fingerprint density at radius 1 is 1.12 bits per heavy atom. The van der Waals surface area contributed by atoms with Crippen LogP contribution in [0.25, 0.3) is 0 Å². The zero-order valence-electron chi connectivity index (χ0n) is 15.5. The van der Waals surface area contributed by atoms with Crippen molar-refractivity contribution in [3.8, 4) is 0 Å². The Balaban J connectivity index is 2.68. The maximum atomic E-state index is 12.3. The van der Waals surface area contributed by atoms with Crippen LogP contribution >= 0.6 is 11.3 Å². The molecule has 136 valence electrons. The quantitative estimate of drug-likeness (QED) is 0.775. The predicted octanol–water partition coefficient (Wildman–Crippen LogP) is 2.02. The van der Waals surface area contributed by atoms with E-state index in [2.05, 4.69) is 29.0 Å². The number of likely N-dealkylation sites (N-methyl/N-ethyl adjacent to an activating group) is 1. The number of aryl methyl sites for hydroxylation is 2. The number of amides is 3. The highest BCUT2D eigenvalue weighted by atomic mass is 32.1. The second kappa shape index (κ2) is 9.58. The molecule has 0 saturated heterocycles. The second-order valence-electron chi connectivity index (χ2n) is 5.83. The number of aromatic nitrogens is 1. The number of carbonyl (C=O) groups excluding carboxylic acids is 2. The van der Waals surface area contributed by atoms with E-state index in [1.165, 1.54) is 16.2 Å². The lowest BCUT2D eigenvalue weighted by molar-refractivity contribution is -0.116. The predicted molar refractivity (Wildman–Crippen MR) is 98.7 cm³/mol. The molecule has 3 amide bonds. The summed E-state index contributed by atoms with van der Waals surface area (Å²) < 4.78 is 0. The van der Waals surface area contributed by atoms with E-state index in [4.69, 9.17) is 0 Å². The molecule has 1 heterocycles. The number of nitrogens with zero attached hydrogens (tertiary/aromatic N) is 4. The van der Waals surface area contributed by atoms with Crippen LogP contribution in [0.15, 0.2) is 0 Å². The summed E-state index contributed by atoms with van der Waals surface area (Å²) in [5.41, 5.74) is 0.915. The van der Waals surface area contributed by atoms with E-state index in [-0.39, 0.29) is 18.5 Å². The van der Waals surface area contributed by atoms with E-state index >= 15 is 0 Å². The minimum atomic E-state index is -0.224. The highest BCUT2D eigenvalue weighted by molar-refractivity contribution is 7.15. The van der Waals surface area contributed by atoms with Gasteiger partial charge in [-0.1, -0.05) is 13.8 Å². The van der Waals surface area contributed by atoms with Gasteiger partial charge in [0.25, 0.3) is 0 Å². The lowest BCUT2D eigenvalue weighted by Gasteiger charge is -2.28. The number of urea groups is 1. The maximum Gasteiger partial charge on any atom is 0.319 e. The molecule has 0 fully saturated rings. The molecule has 0 aliphatic carbocycles. The molecule has 0 saturated carbocycles. The second-order valence-corrected chi connectivity index (χ2v) is 7.04. The molecule has 0 aliphatic heterocycles. The first-order chi connectivity index (χ1) is 11.3. The average molecular weight is 356 g/mol. The summed E-state index contributed by atoms with van der Waals surface area (Å²) in [6, 6.07) is -0.163. The van der Waals surface area contributed by atoms with E-state index in [0.29, 0.717) is 11.7 Å². The smallest absolute Gasteiger partial charge is 0.319 e. The van der Waals surface area contributed by atoms with E-state index in [9.17, 15) is 9.59 Å². The molecule has 0 bridgehead atoms. The zero-order chi connectivity index (χ0) is 18.3. The molecule has 1 aromatic rings. The first-order valence-electron chi connectivity index (χ1n) is 8.20. The topological polar surface area (TPSA) is 68.8 Å². The van der Waals surface area contributed by atoms with Crippen LogP contribution in [0.2, 0.25) is 0 Å². The van der Waals surface area contributed by atoms with Crippen LogP contribution in [0.5, 0.6) is 0 Å². The summed E-state index contributed by atoms with van der Waals surface area (Å²) in [6.45, 7) is 11.2. The van der Waals surface area contributed by atoms with Gasteiger partial charge in [-0.3, -0.25) is 4.79 Å². The zero-order valence-corrected chi connectivity index (χ0v) is 16.4. The van der Waals surface area contributed by atoms with Gasteiger partial charge in [-0.25, -0.2) is 9.78 Å². The number of thiazole rings is 1. The maximum absolute atomic E-state index is 12.3. The summed E-state index contributed by atoms with van der Waals surface area (Å²) in [5, 5.41) is 3.37. The highest BCUT2D eigenvalue weighted by Gasteiger charge is 2.20. The van der Waals surface area contributed by atoms with Crippen molar-refractivity contribution in [2.24, 2.45) is 0 Å². The lowest BCUT2D eigenvalue weighted by Crippen LogP contribution is -2.46. The molecule has 24 heavy (non-hydrogen) atoms. The van der Waals surface area contributed by atoms with E-state index in [1.54, 1.807) is 19.0 Å². The minimum absolute atomic E-state index is 0.0238. The van der Waals surface area contributed by atoms with Crippen molar-refractivity contribution in [3.63, 3.8) is 0 Å². The summed E-state index contributed by atoms with van der Waals surface area (Å²) in [6.07, 6.45) is 0. The monoisotopic (exact) mass is 355 g/mol. The van der Waals surface area contributed by atoms with Gasteiger partial charge >= 0.3 is 6.03 Å². The van der Waals surface area contributed by atoms with Crippen molar-refractivity contribution in [1.82, 2.24) is 19.7 Å². The third kappa shape index (κ3) is 6.09. The summed E-state index contributed by atoms with van der Waals surface area (Å²) in [7, 11) is 3.39. The van der Waals surface area contributed by atoms with Gasteiger partial charge in [0, 0.05) is 32.1 Å². The molecule has 0 aromatic carbocycles. The van der Waals surface area contributed by atoms with Crippen LogP contribution in [0, 0.1) is 13.8 Å². The number of carbonyl (C=O) groups is 2. The number of hydrogen-bond donors (Lipinski definition) is 1. The van der Waals surface area contributed by atoms with Gasteiger partial charge in [0.05, 0.1) is 5.69 Å². The van der Waals surface area contributed by atoms with Crippen LogP contribution in [-0.4, -0.2) is 78.4 Å². The Labute approximate surface area is 148 Å². The van der Waals surface area contributed by atoms with Gasteiger partial charge in [-0.15, -0.1) is 11.3 Å². The van der Waals surface area contributed by atoms with Gasteiger partial charge in [-0.2, -0.15) is 0 Å². The molecule has 0 radical (unpaired) electrons. The normalized spacial score (nSPS) is 10.8. The van der Waals surface area contributed by atoms with Gasteiger partial charge < -0.3 is 20.0 Å². The SMILES string of the molecule is CCN(CC)CCN(CC(=O)Nc1nc(C)c(C)s1)C(=O)N(C)C. The summed E-state index contributed by atoms with van der Waals surface area (Å²) in [4.78, 5) is 35.3. The Kier molecular flexibility index (Phi) is 8.14. The van der Waals surface area contributed by atoms with Gasteiger partial charge in [0.1, 0.15) is 6.54 Å². The molecule has 0 unspecified atom stereocenters. The van der Waals surface area contributed by atoms with E-state index in [0.717, 1.165) is 30.2 Å². The summed E-state index contributed by atoms with van der Waals surface area (Å²) >= 11 is 1.44. The van der Waals surface area contributed by atoms with Gasteiger partial charge in [0.2, 0.25) is 5.91 Å². The van der Waals surface area contributed by atoms with Crippen LogP contribution in [0.4, 0.5) is 9.93 Å². The molecule has 1 N–H and O–H groups in total. The van der Waals surface area contributed by atoms with Crippen molar-refractivity contribution < 1.29 is 9.59 Å². The first-order valence-corrected chi connectivity index (χ1v) is 9.02. The Hall–Kier alpha value is -1.67. The number of nitrogens with one attached hydrogen (secondary N) is 1. The van der Waals surface area contributed by atoms with Crippen LogP contribution < -0.4 is 5.32 Å². The van der Waals surface area contributed by atoms with Crippen molar-refractivity contribution in [1.29, 1.82) is 0 Å². The van der Waals surface area contributed by atoms with Crippen LogP contribution in [0.1, 0.15) is 24.4 Å². The lowest BCUT2D eigenvalue weighted by atomic mass is 10.4.